The van der Waals surface area contributed by atoms with Gasteiger partial charge < -0.3 is 0 Å². The molecule has 1 rings (SSSR count). The van der Waals surface area contributed by atoms with Crippen LogP contribution in [0.1, 0.15) is 32.3 Å². The van der Waals surface area contributed by atoms with Crippen LogP contribution < -0.4 is 0 Å². The third-order valence-electron chi connectivity index (χ3n) is 2.47. The van der Waals surface area contributed by atoms with E-state index in [0.29, 0.717) is 5.92 Å². The van der Waals surface area contributed by atoms with E-state index in [1.807, 2.05) is 0 Å². The topological polar surface area (TPSA) is 54.4 Å². The van der Waals surface area contributed by atoms with Crippen LogP contribution in [0.2, 0.25) is 0 Å². The van der Waals surface area contributed by atoms with Crippen molar-refractivity contribution in [1.29, 1.82) is 0 Å². The molecule has 1 aromatic carbocycles. The van der Waals surface area contributed by atoms with Crippen molar-refractivity contribution in [3.05, 3.63) is 29.8 Å². The average Bonchev–Trinajstić information content (AvgIpc) is 2.16. The third-order valence-corrected chi connectivity index (χ3v) is 3.34. The Morgan fingerprint density at radius 3 is 2.19 bits per heavy atom. The highest BCUT2D eigenvalue weighted by molar-refractivity contribution is 7.85. The molecule has 16 heavy (non-hydrogen) atoms. The van der Waals surface area contributed by atoms with Gasteiger partial charge in [0.1, 0.15) is 0 Å². The lowest BCUT2D eigenvalue weighted by Gasteiger charge is -2.05. The highest BCUT2D eigenvalue weighted by atomic mass is 32.2. The summed E-state index contributed by atoms with van der Waals surface area (Å²) in [5.74, 6) is 0.692. The molecule has 0 spiro atoms. The first-order chi connectivity index (χ1) is 7.39. The predicted molar refractivity (Wildman–Crippen MR) is 64.0 cm³/mol. The summed E-state index contributed by atoms with van der Waals surface area (Å²) in [4.78, 5) is -0.0416. The van der Waals surface area contributed by atoms with Gasteiger partial charge in [0, 0.05) is 0 Å². The summed E-state index contributed by atoms with van der Waals surface area (Å²) < 4.78 is 30.4. The van der Waals surface area contributed by atoms with Crippen LogP contribution in [0, 0.1) is 5.92 Å². The number of aryl methyl sites for hydroxylation is 1. The molecule has 0 aromatic heterocycles. The number of benzene rings is 1. The molecular weight excluding hydrogens is 224 g/mol. The van der Waals surface area contributed by atoms with E-state index < -0.39 is 10.1 Å². The Hall–Kier alpha value is -0.870. The van der Waals surface area contributed by atoms with Gasteiger partial charge >= 0.3 is 0 Å². The predicted octanol–water partition coefficient (Wildman–Crippen LogP) is 2.91. The highest BCUT2D eigenvalue weighted by Gasteiger charge is 2.08. The Morgan fingerprint density at radius 2 is 1.75 bits per heavy atom. The van der Waals surface area contributed by atoms with E-state index in [1.54, 1.807) is 12.1 Å². The van der Waals surface area contributed by atoms with E-state index in [4.69, 9.17) is 4.55 Å². The Morgan fingerprint density at radius 1 is 1.19 bits per heavy atom. The minimum Gasteiger partial charge on any atom is -0.282 e. The van der Waals surface area contributed by atoms with Crippen molar-refractivity contribution in [1.82, 2.24) is 0 Å². The first-order valence-corrected chi connectivity index (χ1v) is 6.90. The van der Waals surface area contributed by atoms with Crippen LogP contribution in [0.3, 0.4) is 0 Å². The fraction of sp³-hybridized carbons (Fsp3) is 0.500. The fourth-order valence-corrected chi connectivity index (χ4v) is 2.02. The van der Waals surface area contributed by atoms with Crippen molar-refractivity contribution in [3.63, 3.8) is 0 Å². The van der Waals surface area contributed by atoms with Gasteiger partial charge in [-0.15, -0.1) is 0 Å². The van der Waals surface area contributed by atoms with E-state index in [1.165, 1.54) is 18.6 Å². The summed E-state index contributed by atoms with van der Waals surface area (Å²) >= 11 is 0. The number of rotatable bonds is 5. The smallest absolute Gasteiger partial charge is 0.282 e. The second-order valence-corrected chi connectivity index (χ2v) is 5.83. The number of hydrogen-bond donors (Lipinski definition) is 1. The second kappa shape index (κ2) is 5.46. The second-order valence-electron chi connectivity index (χ2n) is 4.41. The summed E-state index contributed by atoms with van der Waals surface area (Å²) in [5, 5.41) is 0. The normalized spacial score (nSPS) is 12.0. The molecule has 0 heterocycles. The molecule has 1 aromatic rings. The summed E-state index contributed by atoms with van der Waals surface area (Å²) in [6.45, 7) is 4.36. The molecule has 0 saturated heterocycles. The fourth-order valence-electron chi connectivity index (χ4n) is 1.54. The molecule has 3 nitrogen and oxygen atoms in total. The zero-order chi connectivity index (χ0) is 12.2. The SMILES string of the molecule is CC(C)CCCc1ccc(S(=O)(=O)O)cc1. The molecule has 90 valence electrons. The van der Waals surface area contributed by atoms with Crippen LogP contribution in [0.25, 0.3) is 0 Å². The molecule has 0 unspecified atom stereocenters. The van der Waals surface area contributed by atoms with Crippen molar-refractivity contribution in [2.45, 2.75) is 38.0 Å². The molecule has 4 heteroatoms. The zero-order valence-corrected chi connectivity index (χ0v) is 10.5. The largest absolute Gasteiger partial charge is 0.294 e. The minimum atomic E-state index is -4.05. The molecule has 0 aliphatic carbocycles. The maximum atomic E-state index is 10.8. The molecule has 0 aliphatic rings. The van der Waals surface area contributed by atoms with Gasteiger partial charge in [-0.1, -0.05) is 32.4 Å². The van der Waals surface area contributed by atoms with Gasteiger partial charge in [0.25, 0.3) is 10.1 Å². The molecule has 0 atom stereocenters. The standard InChI is InChI=1S/C12H18O3S/c1-10(2)4-3-5-11-6-8-12(9-7-11)16(13,14)15/h6-10H,3-5H2,1-2H3,(H,13,14,15). The molecular formula is C12H18O3S. The monoisotopic (exact) mass is 242 g/mol. The van der Waals surface area contributed by atoms with Gasteiger partial charge in [-0.2, -0.15) is 8.42 Å². The summed E-state index contributed by atoms with van der Waals surface area (Å²) in [5.41, 5.74) is 1.10. The maximum Gasteiger partial charge on any atom is 0.294 e. The van der Waals surface area contributed by atoms with Crippen molar-refractivity contribution < 1.29 is 13.0 Å². The van der Waals surface area contributed by atoms with E-state index in [-0.39, 0.29) is 4.90 Å². The van der Waals surface area contributed by atoms with Crippen LogP contribution in [-0.2, 0) is 16.5 Å². The van der Waals surface area contributed by atoms with Crippen LogP contribution >= 0.6 is 0 Å². The molecule has 0 bridgehead atoms. The minimum absolute atomic E-state index is 0.0416. The van der Waals surface area contributed by atoms with Gasteiger partial charge in [0.05, 0.1) is 4.90 Å². The molecule has 0 saturated carbocycles. The van der Waals surface area contributed by atoms with Gasteiger partial charge in [-0.25, -0.2) is 0 Å². The van der Waals surface area contributed by atoms with Crippen molar-refractivity contribution in [3.8, 4) is 0 Å². The van der Waals surface area contributed by atoms with Crippen LogP contribution in [-0.4, -0.2) is 13.0 Å². The summed E-state index contributed by atoms with van der Waals surface area (Å²) in [6, 6.07) is 6.40. The van der Waals surface area contributed by atoms with Gasteiger partial charge in [-0.05, 0) is 36.5 Å². The molecule has 0 aliphatic heterocycles. The molecule has 0 amide bonds. The van der Waals surface area contributed by atoms with Crippen LogP contribution in [0.15, 0.2) is 29.2 Å². The van der Waals surface area contributed by atoms with Gasteiger partial charge in [0.2, 0.25) is 0 Å². The maximum absolute atomic E-state index is 10.8. The molecule has 0 fully saturated rings. The van der Waals surface area contributed by atoms with Crippen LogP contribution in [0.4, 0.5) is 0 Å². The van der Waals surface area contributed by atoms with Crippen molar-refractivity contribution >= 4 is 10.1 Å². The van der Waals surface area contributed by atoms with E-state index in [2.05, 4.69) is 13.8 Å². The third kappa shape index (κ3) is 4.33. The first kappa shape index (κ1) is 13.2. The quantitative estimate of drug-likeness (QED) is 0.808. The Balaban J connectivity index is 2.59. The Labute approximate surface area is 97.2 Å². The number of hydrogen-bond acceptors (Lipinski definition) is 2. The molecule has 0 radical (unpaired) electrons. The van der Waals surface area contributed by atoms with Gasteiger partial charge in [-0.3, -0.25) is 4.55 Å². The Bertz CT molecular complexity index is 418. The van der Waals surface area contributed by atoms with Crippen molar-refractivity contribution in [2.24, 2.45) is 5.92 Å². The lowest BCUT2D eigenvalue weighted by atomic mass is 10.0. The Kier molecular flexibility index (Phi) is 4.50. The average molecular weight is 242 g/mol. The van der Waals surface area contributed by atoms with E-state index >= 15 is 0 Å². The lowest BCUT2D eigenvalue weighted by Crippen LogP contribution is -1.98. The highest BCUT2D eigenvalue weighted by Crippen LogP contribution is 2.13. The van der Waals surface area contributed by atoms with Gasteiger partial charge in [0.15, 0.2) is 0 Å². The van der Waals surface area contributed by atoms with Crippen LogP contribution in [0.5, 0.6) is 0 Å². The summed E-state index contributed by atoms with van der Waals surface area (Å²) in [7, 11) is -4.05. The molecule has 1 N–H and O–H groups in total. The lowest BCUT2D eigenvalue weighted by molar-refractivity contribution is 0.483. The summed E-state index contributed by atoms with van der Waals surface area (Å²) in [6.07, 6.45) is 3.22. The zero-order valence-electron chi connectivity index (χ0n) is 9.68. The van der Waals surface area contributed by atoms with Crippen molar-refractivity contribution in [2.75, 3.05) is 0 Å². The van der Waals surface area contributed by atoms with E-state index in [9.17, 15) is 8.42 Å². The van der Waals surface area contributed by atoms with E-state index in [0.717, 1.165) is 18.4 Å². The first-order valence-electron chi connectivity index (χ1n) is 5.46.